The van der Waals surface area contributed by atoms with Gasteiger partial charge in [-0.25, -0.2) is 9.59 Å². The number of piperazine rings is 1. The second kappa shape index (κ2) is 11.8. The van der Waals surface area contributed by atoms with Crippen LogP contribution in [-0.2, 0) is 20.5 Å². The second-order valence-electron chi connectivity index (χ2n) is 9.24. The Bertz CT molecular complexity index is 1040. The van der Waals surface area contributed by atoms with Gasteiger partial charge >= 0.3 is 18.2 Å². The molecule has 0 bridgehead atoms. The number of carbonyl (C=O) groups is 3. The summed E-state index contributed by atoms with van der Waals surface area (Å²) in [6, 6.07) is 2.86. The molecule has 1 fully saturated rings. The molecule has 1 unspecified atom stereocenters. The molecule has 0 spiro atoms. The van der Waals surface area contributed by atoms with Crippen LogP contribution in [-0.4, -0.2) is 78.5 Å². The maximum absolute atomic E-state index is 13.2. The summed E-state index contributed by atoms with van der Waals surface area (Å²) >= 11 is 0. The van der Waals surface area contributed by atoms with E-state index in [-0.39, 0.29) is 37.1 Å². The highest BCUT2D eigenvalue weighted by Crippen LogP contribution is 2.35. The number of nitrogens with one attached hydrogen (secondary N) is 1. The number of benzene rings is 1. The molecule has 11 heteroatoms. The molecule has 1 saturated heterocycles. The van der Waals surface area contributed by atoms with E-state index in [4.69, 9.17) is 4.74 Å². The monoisotopic (exact) mass is 522 g/mol. The van der Waals surface area contributed by atoms with Crippen molar-refractivity contribution < 1.29 is 32.3 Å². The van der Waals surface area contributed by atoms with Crippen LogP contribution in [0.3, 0.4) is 0 Å². The summed E-state index contributed by atoms with van der Waals surface area (Å²) in [5.74, 6) is -0.705. The number of urea groups is 1. The molecule has 3 amide bonds. The zero-order chi connectivity index (χ0) is 27.3. The molecule has 0 aliphatic carbocycles. The molecule has 0 saturated carbocycles. The molecule has 2 aliphatic rings. The van der Waals surface area contributed by atoms with Gasteiger partial charge < -0.3 is 15.0 Å². The average molecular weight is 523 g/mol. The van der Waals surface area contributed by atoms with Crippen molar-refractivity contribution in [2.24, 2.45) is 5.92 Å². The first-order chi connectivity index (χ1) is 17.5. The maximum Gasteiger partial charge on any atom is 0.416 e. The third-order valence-corrected chi connectivity index (χ3v) is 6.37. The zero-order valence-electron chi connectivity index (χ0n) is 21.3. The lowest BCUT2D eigenvalue weighted by Gasteiger charge is -2.40. The number of hydrogen-bond donors (Lipinski definition) is 1. The topological polar surface area (TPSA) is 82.2 Å². The molecule has 0 radical (unpaired) electrons. The van der Waals surface area contributed by atoms with Gasteiger partial charge in [0, 0.05) is 50.9 Å². The average Bonchev–Trinajstić information content (AvgIpc) is 2.85. The summed E-state index contributed by atoms with van der Waals surface area (Å²) in [6.07, 6.45) is -2.99. The van der Waals surface area contributed by atoms with Gasteiger partial charge in [-0.05, 0) is 24.6 Å². The summed E-state index contributed by atoms with van der Waals surface area (Å²) in [4.78, 5) is 43.9. The van der Waals surface area contributed by atoms with Crippen LogP contribution < -0.4 is 5.32 Å². The van der Waals surface area contributed by atoms with Gasteiger partial charge in [-0.1, -0.05) is 32.1 Å². The van der Waals surface area contributed by atoms with Crippen molar-refractivity contribution >= 4 is 17.9 Å². The van der Waals surface area contributed by atoms with Crippen LogP contribution in [0.25, 0.3) is 0 Å². The molecule has 1 aromatic rings. The summed E-state index contributed by atoms with van der Waals surface area (Å²) in [7, 11) is 0. The molecule has 0 aromatic heterocycles. The Kier molecular flexibility index (Phi) is 9.01. The van der Waals surface area contributed by atoms with Crippen LogP contribution in [0.1, 0.15) is 37.9 Å². The van der Waals surface area contributed by atoms with Crippen molar-refractivity contribution in [3.05, 3.63) is 59.3 Å². The number of amides is 3. The van der Waals surface area contributed by atoms with Gasteiger partial charge in [0.25, 0.3) is 0 Å². The molecule has 202 valence electrons. The minimum absolute atomic E-state index is 0.0683. The van der Waals surface area contributed by atoms with E-state index in [1.54, 1.807) is 11.8 Å². The molecule has 2 heterocycles. The number of alkyl halides is 3. The summed E-state index contributed by atoms with van der Waals surface area (Å²) < 4.78 is 44.6. The number of esters is 1. The van der Waals surface area contributed by atoms with Gasteiger partial charge in [0.1, 0.15) is 0 Å². The Hall–Kier alpha value is -3.34. The lowest BCUT2D eigenvalue weighted by molar-refractivity contribution is -0.139. The summed E-state index contributed by atoms with van der Waals surface area (Å²) in [5, 5.41) is 2.74. The highest BCUT2D eigenvalue weighted by molar-refractivity contribution is 5.95. The largest absolute Gasteiger partial charge is 0.463 e. The zero-order valence-corrected chi connectivity index (χ0v) is 21.3. The van der Waals surface area contributed by atoms with Crippen LogP contribution in [0.2, 0.25) is 0 Å². The van der Waals surface area contributed by atoms with Crippen LogP contribution in [0.5, 0.6) is 0 Å². The van der Waals surface area contributed by atoms with Gasteiger partial charge in [-0.15, -0.1) is 6.58 Å². The van der Waals surface area contributed by atoms with E-state index in [2.05, 4.69) is 11.9 Å². The van der Waals surface area contributed by atoms with Crippen LogP contribution in [0.4, 0.5) is 18.0 Å². The van der Waals surface area contributed by atoms with Gasteiger partial charge in [0.05, 0.1) is 23.8 Å². The Balaban J connectivity index is 1.99. The van der Waals surface area contributed by atoms with Crippen molar-refractivity contribution in [3.63, 3.8) is 0 Å². The highest BCUT2D eigenvalue weighted by Gasteiger charge is 2.39. The number of nitrogens with zero attached hydrogens (tertiary/aromatic N) is 3. The van der Waals surface area contributed by atoms with Crippen molar-refractivity contribution in [1.29, 1.82) is 0 Å². The first kappa shape index (κ1) is 28.2. The Morgan fingerprint density at radius 2 is 1.78 bits per heavy atom. The number of hydrogen-bond acceptors (Lipinski definition) is 5. The maximum atomic E-state index is 13.2. The first-order valence-corrected chi connectivity index (χ1v) is 12.2. The van der Waals surface area contributed by atoms with Gasteiger partial charge in [0.15, 0.2) is 0 Å². The SMILES string of the molecule is C=CCN1C(=O)NC(c2ccc(C(F)(F)F)cc2)C(C(=O)OCC)=C1CN1CCN(C(=O)C(C)C)CC1. The van der Waals surface area contributed by atoms with E-state index < -0.39 is 29.8 Å². The van der Waals surface area contributed by atoms with E-state index in [1.807, 2.05) is 18.7 Å². The fourth-order valence-electron chi connectivity index (χ4n) is 4.46. The minimum Gasteiger partial charge on any atom is -0.463 e. The van der Waals surface area contributed by atoms with Crippen LogP contribution in [0, 0.1) is 5.92 Å². The first-order valence-electron chi connectivity index (χ1n) is 12.2. The molecular weight excluding hydrogens is 489 g/mol. The predicted molar refractivity (Wildman–Crippen MR) is 131 cm³/mol. The molecule has 2 aliphatic heterocycles. The third kappa shape index (κ3) is 6.51. The van der Waals surface area contributed by atoms with E-state index in [1.165, 1.54) is 23.1 Å². The van der Waals surface area contributed by atoms with Gasteiger partial charge in [-0.2, -0.15) is 13.2 Å². The standard InChI is InChI=1S/C26H33F3N4O4/c1-5-11-33-20(16-31-12-14-32(15-13-31)23(34)17(3)4)21(24(35)37-6-2)22(30-25(33)36)18-7-9-19(10-8-18)26(27,28)29/h5,7-10,17,22H,1,6,11-16H2,2-4H3,(H,30,36). The van der Waals surface area contributed by atoms with E-state index in [9.17, 15) is 27.6 Å². The second-order valence-corrected chi connectivity index (χ2v) is 9.24. The third-order valence-electron chi connectivity index (χ3n) is 6.37. The molecule has 3 rings (SSSR count). The smallest absolute Gasteiger partial charge is 0.416 e. The lowest BCUT2D eigenvalue weighted by atomic mass is 9.93. The lowest BCUT2D eigenvalue weighted by Crippen LogP contribution is -2.54. The van der Waals surface area contributed by atoms with Gasteiger partial charge in [-0.3, -0.25) is 14.6 Å². The molecule has 1 aromatic carbocycles. The quantitative estimate of drug-likeness (QED) is 0.417. The summed E-state index contributed by atoms with van der Waals surface area (Å²) in [5.41, 5.74) is 0.0502. The molecular formula is C26H33F3N4O4. The van der Waals surface area contributed by atoms with Gasteiger partial charge in [0.2, 0.25) is 5.91 Å². The molecule has 37 heavy (non-hydrogen) atoms. The van der Waals surface area contributed by atoms with Crippen molar-refractivity contribution in [1.82, 2.24) is 20.0 Å². The Morgan fingerprint density at radius 1 is 1.16 bits per heavy atom. The van der Waals surface area contributed by atoms with E-state index in [0.717, 1.165) is 12.1 Å². The fourth-order valence-corrected chi connectivity index (χ4v) is 4.46. The number of carbonyl (C=O) groups excluding carboxylic acids is 3. The van der Waals surface area contributed by atoms with Crippen LogP contribution in [0.15, 0.2) is 48.2 Å². The Labute approximate surface area is 214 Å². The number of rotatable bonds is 8. The van der Waals surface area contributed by atoms with Crippen molar-refractivity contribution in [3.8, 4) is 0 Å². The molecule has 8 nitrogen and oxygen atoms in total. The normalized spacial score (nSPS) is 19.2. The Morgan fingerprint density at radius 3 is 2.30 bits per heavy atom. The predicted octanol–water partition coefficient (Wildman–Crippen LogP) is 3.58. The molecule has 1 N–H and O–H groups in total. The van der Waals surface area contributed by atoms with Crippen molar-refractivity contribution in [2.75, 3.05) is 45.9 Å². The minimum atomic E-state index is -4.51. The van der Waals surface area contributed by atoms with Crippen molar-refractivity contribution in [2.45, 2.75) is 33.0 Å². The number of ether oxygens (including phenoxy) is 1. The molecule has 1 atom stereocenters. The highest BCUT2D eigenvalue weighted by atomic mass is 19.4. The number of halogens is 3. The summed E-state index contributed by atoms with van der Waals surface area (Å²) in [6.45, 7) is 11.6. The van der Waals surface area contributed by atoms with E-state index in [0.29, 0.717) is 37.4 Å². The fraction of sp³-hybridized carbons (Fsp3) is 0.500. The van der Waals surface area contributed by atoms with Crippen LogP contribution >= 0.6 is 0 Å². The van der Waals surface area contributed by atoms with E-state index >= 15 is 0 Å².